The van der Waals surface area contributed by atoms with Crippen LogP contribution in [0.3, 0.4) is 0 Å². The van der Waals surface area contributed by atoms with Crippen molar-refractivity contribution in [3.05, 3.63) is 0 Å². The molecule has 0 saturated carbocycles. The first-order valence-electron chi connectivity index (χ1n) is 4.32. The molecule has 0 bridgehead atoms. The van der Waals surface area contributed by atoms with E-state index in [0.29, 0.717) is 0 Å². The summed E-state index contributed by atoms with van der Waals surface area (Å²) in [7, 11) is 0. The number of rotatable bonds is 5. The molecule has 0 aliphatic carbocycles. The Morgan fingerprint density at radius 3 is 2.43 bits per heavy atom. The maximum Gasteiger partial charge on any atom is 0.303 e. The first-order chi connectivity index (χ1) is 6.61. The second kappa shape index (κ2) is 4.71. The number of imide groups is 1. The fourth-order valence-corrected chi connectivity index (χ4v) is 1.08. The molecule has 6 heteroatoms. The Bertz CT molecular complexity index is 246. The molecule has 0 unspecified atom stereocenters. The smallest absolute Gasteiger partial charge is 0.303 e. The van der Waals surface area contributed by atoms with E-state index >= 15 is 0 Å². The van der Waals surface area contributed by atoms with Crippen molar-refractivity contribution in [2.45, 2.75) is 25.7 Å². The molecule has 1 rings (SSSR count). The summed E-state index contributed by atoms with van der Waals surface area (Å²) < 4.78 is 0. The van der Waals surface area contributed by atoms with Crippen LogP contribution >= 0.6 is 0 Å². The third-order valence-electron chi connectivity index (χ3n) is 1.76. The van der Waals surface area contributed by atoms with E-state index in [-0.39, 0.29) is 44.1 Å². The summed E-state index contributed by atoms with van der Waals surface area (Å²) >= 11 is 0. The Labute approximate surface area is 80.4 Å². The second-order valence-electron chi connectivity index (χ2n) is 2.91. The van der Waals surface area contributed by atoms with Crippen LogP contribution in [0.15, 0.2) is 0 Å². The van der Waals surface area contributed by atoms with Gasteiger partial charge in [0.2, 0.25) is 0 Å². The van der Waals surface area contributed by atoms with Crippen LogP contribution < -0.4 is 0 Å². The van der Waals surface area contributed by atoms with Crippen molar-refractivity contribution in [1.29, 1.82) is 0 Å². The highest BCUT2D eigenvalue weighted by atomic mass is 16.7. The van der Waals surface area contributed by atoms with Gasteiger partial charge >= 0.3 is 5.97 Å². The molecule has 1 N–H and O–H groups in total. The molecular weight excluding hydrogens is 190 g/mol. The minimum absolute atomic E-state index is 0.0315. The predicted octanol–water partition coefficient (Wildman–Crippen LogP) is -0.0682. The van der Waals surface area contributed by atoms with Crippen LogP contribution in [-0.4, -0.2) is 34.6 Å². The predicted molar refractivity (Wildman–Crippen MR) is 43.9 cm³/mol. The third-order valence-corrected chi connectivity index (χ3v) is 1.76. The lowest BCUT2D eigenvalue weighted by Gasteiger charge is -2.12. The molecule has 0 spiro atoms. The van der Waals surface area contributed by atoms with Gasteiger partial charge in [-0.3, -0.25) is 19.2 Å². The van der Waals surface area contributed by atoms with Crippen LogP contribution in [0.25, 0.3) is 0 Å². The van der Waals surface area contributed by atoms with Gasteiger partial charge in [0.05, 0.1) is 6.61 Å². The van der Waals surface area contributed by atoms with E-state index in [0.717, 1.165) is 5.06 Å². The van der Waals surface area contributed by atoms with Gasteiger partial charge in [-0.2, -0.15) is 5.06 Å². The van der Waals surface area contributed by atoms with E-state index < -0.39 is 5.97 Å². The molecule has 0 aromatic heterocycles. The molecule has 2 amide bonds. The van der Waals surface area contributed by atoms with Gasteiger partial charge in [-0.1, -0.05) is 0 Å². The quantitative estimate of drug-likeness (QED) is 0.497. The van der Waals surface area contributed by atoms with Crippen LogP contribution in [0.5, 0.6) is 0 Å². The van der Waals surface area contributed by atoms with E-state index in [1.807, 2.05) is 0 Å². The van der Waals surface area contributed by atoms with Crippen LogP contribution in [0.4, 0.5) is 0 Å². The fourth-order valence-electron chi connectivity index (χ4n) is 1.08. The van der Waals surface area contributed by atoms with Gasteiger partial charge in [0.1, 0.15) is 0 Å². The molecule has 0 atom stereocenters. The number of amides is 2. The standard InChI is InChI=1S/C8H11NO5/c10-6-3-4-7(11)9(6)14-5-1-2-8(12)13/h1-5H2,(H,12,13). The van der Waals surface area contributed by atoms with Gasteiger partial charge < -0.3 is 5.11 Å². The summed E-state index contributed by atoms with van der Waals surface area (Å²) in [5.74, 6) is -1.64. The minimum Gasteiger partial charge on any atom is -0.481 e. The van der Waals surface area contributed by atoms with Crippen molar-refractivity contribution in [3.8, 4) is 0 Å². The molecule has 78 valence electrons. The second-order valence-corrected chi connectivity index (χ2v) is 2.91. The Morgan fingerprint density at radius 2 is 1.93 bits per heavy atom. The number of hydrogen-bond donors (Lipinski definition) is 1. The highest BCUT2D eigenvalue weighted by Gasteiger charge is 2.29. The Morgan fingerprint density at radius 1 is 1.36 bits per heavy atom. The Hall–Kier alpha value is -1.43. The number of aliphatic carboxylic acids is 1. The number of carbonyl (C=O) groups excluding carboxylic acids is 2. The molecule has 1 fully saturated rings. The van der Waals surface area contributed by atoms with Crippen molar-refractivity contribution in [2.24, 2.45) is 0 Å². The lowest BCUT2D eigenvalue weighted by atomic mass is 10.3. The number of carbonyl (C=O) groups is 3. The van der Waals surface area contributed by atoms with Crippen LogP contribution in [0.2, 0.25) is 0 Å². The highest BCUT2D eigenvalue weighted by Crippen LogP contribution is 2.12. The Kier molecular flexibility index (Phi) is 3.58. The number of carboxylic acid groups (broad SMARTS) is 1. The molecule has 0 radical (unpaired) electrons. The van der Waals surface area contributed by atoms with Gasteiger partial charge in [-0.25, -0.2) is 0 Å². The van der Waals surface area contributed by atoms with Gasteiger partial charge in [-0.05, 0) is 6.42 Å². The van der Waals surface area contributed by atoms with E-state index in [1.54, 1.807) is 0 Å². The summed E-state index contributed by atoms with van der Waals surface area (Å²) in [6, 6.07) is 0. The zero-order valence-corrected chi connectivity index (χ0v) is 7.56. The number of hydrogen-bond acceptors (Lipinski definition) is 4. The topological polar surface area (TPSA) is 83.9 Å². The van der Waals surface area contributed by atoms with E-state index in [9.17, 15) is 14.4 Å². The molecule has 1 aliphatic heterocycles. The van der Waals surface area contributed by atoms with Crippen molar-refractivity contribution in [3.63, 3.8) is 0 Å². The maximum atomic E-state index is 11.0. The molecule has 14 heavy (non-hydrogen) atoms. The number of nitrogens with zero attached hydrogens (tertiary/aromatic N) is 1. The average molecular weight is 201 g/mol. The molecule has 1 heterocycles. The van der Waals surface area contributed by atoms with Gasteiger partial charge in [0, 0.05) is 19.3 Å². The fraction of sp³-hybridized carbons (Fsp3) is 0.625. The number of carboxylic acids is 1. The summed E-state index contributed by atoms with van der Waals surface area (Å²) in [6.45, 7) is 0.0732. The van der Waals surface area contributed by atoms with Crippen LogP contribution in [0.1, 0.15) is 25.7 Å². The van der Waals surface area contributed by atoms with E-state index in [2.05, 4.69) is 0 Å². The normalized spacial score (nSPS) is 16.4. The molecule has 0 aromatic rings. The largest absolute Gasteiger partial charge is 0.481 e. The summed E-state index contributed by atoms with van der Waals surface area (Å²) in [4.78, 5) is 36.9. The summed E-state index contributed by atoms with van der Waals surface area (Å²) in [5, 5.41) is 9.03. The molecule has 0 aromatic carbocycles. The van der Waals surface area contributed by atoms with Crippen molar-refractivity contribution >= 4 is 17.8 Å². The lowest BCUT2D eigenvalue weighted by Crippen LogP contribution is -2.29. The maximum absolute atomic E-state index is 11.0. The Balaban J connectivity index is 2.20. The minimum atomic E-state index is -0.923. The SMILES string of the molecule is O=C(O)CCCON1C(=O)CCC1=O. The van der Waals surface area contributed by atoms with Crippen LogP contribution in [0, 0.1) is 0 Å². The monoisotopic (exact) mass is 201 g/mol. The zero-order valence-electron chi connectivity index (χ0n) is 7.56. The van der Waals surface area contributed by atoms with Crippen molar-refractivity contribution in [2.75, 3.05) is 6.61 Å². The summed E-state index contributed by atoms with van der Waals surface area (Å²) in [5.41, 5.74) is 0. The van der Waals surface area contributed by atoms with Gasteiger partial charge in [-0.15, -0.1) is 0 Å². The summed E-state index contributed by atoms with van der Waals surface area (Å²) in [6.07, 6.45) is 0.609. The molecular formula is C8H11NO5. The molecule has 6 nitrogen and oxygen atoms in total. The zero-order chi connectivity index (χ0) is 10.6. The molecule has 1 saturated heterocycles. The third kappa shape index (κ3) is 2.81. The van der Waals surface area contributed by atoms with Crippen molar-refractivity contribution < 1.29 is 24.3 Å². The average Bonchev–Trinajstić information content (AvgIpc) is 2.42. The van der Waals surface area contributed by atoms with E-state index in [4.69, 9.17) is 9.94 Å². The number of hydroxylamine groups is 2. The first kappa shape index (κ1) is 10.6. The van der Waals surface area contributed by atoms with Crippen LogP contribution in [-0.2, 0) is 19.2 Å². The molecule has 1 aliphatic rings. The highest BCUT2D eigenvalue weighted by molar-refractivity contribution is 6.00. The lowest BCUT2D eigenvalue weighted by molar-refractivity contribution is -0.187. The van der Waals surface area contributed by atoms with Crippen molar-refractivity contribution in [1.82, 2.24) is 5.06 Å². The van der Waals surface area contributed by atoms with Gasteiger partial charge in [0.15, 0.2) is 0 Å². The van der Waals surface area contributed by atoms with E-state index in [1.165, 1.54) is 0 Å². The van der Waals surface area contributed by atoms with Gasteiger partial charge in [0.25, 0.3) is 11.8 Å². The first-order valence-corrected chi connectivity index (χ1v) is 4.32.